The van der Waals surface area contributed by atoms with Crippen molar-refractivity contribution in [2.75, 3.05) is 5.32 Å². The van der Waals surface area contributed by atoms with Crippen LogP contribution in [0.4, 0.5) is 5.69 Å². The van der Waals surface area contributed by atoms with Gasteiger partial charge < -0.3 is 20.3 Å². The van der Waals surface area contributed by atoms with Gasteiger partial charge in [-0.25, -0.2) is 4.79 Å². The number of carbonyl (C=O) groups excluding carboxylic acids is 1. The average molecular weight is 363 g/mol. The summed E-state index contributed by atoms with van der Waals surface area (Å²) in [6, 6.07) is 20.2. The summed E-state index contributed by atoms with van der Waals surface area (Å²) in [6.45, 7) is 0.385. The Balaban J connectivity index is 1.68. The molecule has 0 saturated carbocycles. The lowest BCUT2D eigenvalue weighted by atomic mass is 10.1. The maximum atomic E-state index is 12.4. The van der Waals surface area contributed by atoms with Crippen molar-refractivity contribution < 1.29 is 24.5 Å². The van der Waals surface area contributed by atoms with Gasteiger partial charge in [0.25, 0.3) is 5.91 Å². The molecule has 0 unspecified atom stereocenters. The molecule has 0 saturated heterocycles. The number of amides is 1. The lowest BCUT2D eigenvalue weighted by Gasteiger charge is -2.10. The summed E-state index contributed by atoms with van der Waals surface area (Å²) in [4.78, 5) is 23.3. The number of phenols is 1. The Morgan fingerprint density at radius 3 is 2.41 bits per heavy atom. The molecule has 0 bridgehead atoms. The van der Waals surface area contributed by atoms with Gasteiger partial charge in [0.2, 0.25) is 0 Å². The second-order valence-corrected chi connectivity index (χ2v) is 5.79. The number of carbonyl (C=O) groups is 2. The second kappa shape index (κ2) is 8.05. The Morgan fingerprint density at radius 1 is 0.926 bits per heavy atom. The zero-order valence-electron chi connectivity index (χ0n) is 14.3. The molecule has 0 heterocycles. The number of aromatic carboxylic acids is 1. The monoisotopic (exact) mass is 363 g/mol. The van der Waals surface area contributed by atoms with Crippen molar-refractivity contribution in [2.45, 2.75) is 6.61 Å². The molecular formula is C21H17NO5. The van der Waals surface area contributed by atoms with Crippen LogP contribution in [0.15, 0.2) is 72.8 Å². The second-order valence-electron chi connectivity index (χ2n) is 5.79. The van der Waals surface area contributed by atoms with Crippen LogP contribution in [0.1, 0.15) is 26.3 Å². The summed E-state index contributed by atoms with van der Waals surface area (Å²) in [6.07, 6.45) is 0. The number of carboxylic acid groups (broad SMARTS) is 1. The highest BCUT2D eigenvalue weighted by Gasteiger charge is 2.12. The molecule has 0 aliphatic heterocycles. The Bertz CT molecular complexity index is 969. The van der Waals surface area contributed by atoms with Crippen LogP contribution in [0, 0.1) is 0 Å². The third-order valence-corrected chi connectivity index (χ3v) is 3.83. The van der Waals surface area contributed by atoms with Gasteiger partial charge in [-0.1, -0.05) is 36.4 Å². The first-order valence-electron chi connectivity index (χ1n) is 8.17. The number of aromatic hydroxyl groups is 1. The lowest BCUT2D eigenvalue weighted by molar-refractivity contribution is 0.0693. The quantitative estimate of drug-likeness (QED) is 0.617. The molecule has 0 aliphatic carbocycles. The van der Waals surface area contributed by atoms with Crippen LogP contribution in [0.25, 0.3) is 0 Å². The van der Waals surface area contributed by atoms with Crippen molar-refractivity contribution in [3.8, 4) is 11.5 Å². The molecule has 0 fully saturated rings. The number of hydrogen-bond acceptors (Lipinski definition) is 4. The van der Waals surface area contributed by atoms with Crippen LogP contribution >= 0.6 is 0 Å². The van der Waals surface area contributed by atoms with Crippen molar-refractivity contribution in [2.24, 2.45) is 0 Å². The van der Waals surface area contributed by atoms with E-state index in [0.717, 1.165) is 5.56 Å². The number of anilines is 1. The Hall–Kier alpha value is -3.80. The topological polar surface area (TPSA) is 95.9 Å². The Morgan fingerprint density at radius 2 is 1.70 bits per heavy atom. The van der Waals surface area contributed by atoms with Crippen molar-refractivity contribution in [1.29, 1.82) is 0 Å². The number of rotatable bonds is 6. The molecule has 3 aromatic rings. The molecule has 136 valence electrons. The van der Waals surface area contributed by atoms with E-state index in [9.17, 15) is 14.7 Å². The summed E-state index contributed by atoms with van der Waals surface area (Å²) >= 11 is 0. The number of nitrogens with one attached hydrogen (secondary N) is 1. The molecule has 6 heteroatoms. The minimum absolute atomic E-state index is 0.232. The van der Waals surface area contributed by atoms with E-state index < -0.39 is 17.6 Å². The highest BCUT2D eigenvalue weighted by atomic mass is 16.5. The molecule has 6 nitrogen and oxygen atoms in total. The van der Waals surface area contributed by atoms with Gasteiger partial charge in [-0.3, -0.25) is 4.79 Å². The maximum Gasteiger partial charge on any atom is 0.339 e. The molecule has 0 atom stereocenters. The maximum absolute atomic E-state index is 12.4. The molecule has 3 N–H and O–H groups in total. The predicted octanol–water partition coefficient (Wildman–Crippen LogP) is 3.92. The van der Waals surface area contributed by atoms with Gasteiger partial charge in [-0.05, 0) is 35.9 Å². The van der Waals surface area contributed by atoms with Gasteiger partial charge >= 0.3 is 5.97 Å². The zero-order valence-corrected chi connectivity index (χ0v) is 14.3. The first kappa shape index (κ1) is 18.0. The van der Waals surface area contributed by atoms with Crippen molar-refractivity contribution in [3.63, 3.8) is 0 Å². The lowest BCUT2D eigenvalue weighted by Crippen LogP contribution is -2.12. The summed E-state index contributed by atoms with van der Waals surface area (Å²) in [5.41, 5.74) is 1.45. The number of carboxylic acids is 1. The Labute approximate surface area is 155 Å². The normalized spacial score (nSPS) is 10.2. The molecule has 3 aromatic carbocycles. The van der Waals surface area contributed by atoms with E-state index in [2.05, 4.69) is 5.32 Å². The Kier molecular flexibility index (Phi) is 5.37. The van der Waals surface area contributed by atoms with Crippen LogP contribution in [0.3, 0.4) is 0 Å². The molecule has 0 aliphatic rings. The van der Waals surface area contributed by atoms with E-state index in [1.54, 1.807) is 24.3 Å². The molecule has 0 aromatic heterocycles. The molecule has 3 rings (SSSR count). The number of benzene rings is 3. The first-order chi connectivity index (χ1) is 13.0. The van der Waals surface area contributed by atoms with Crippen LogP contribution in [0.2, 0.25) is 0 Å². The van der Waals surface area contributed by atoms with Crippen molar-refractivity contribution >= 4 is 17.6 Å². The van der Waals surface area contributed by atoms with Gasteiger partial charge in [-0.2, -0.15) is 0 Å². The van der Waals surface area contributed by atoms with Gasteiger partial charge in [-0.15, -0.1) is 0 Å². The summed E-state index contributed by atoms with van der Waals surface area (Å²) in [5.74, 6) is -1.51. The standard InChI is InChI=1S/C21H17NO5/c23-19-12-16(9-10-18(19)21(25)26)22-20(24)15-7-4-8-17(11-15)27-13-14-5-2-1-3-6-14/h1-12,23H,13H2,(H,22,24)(H,25,26). The SMILES string of the molecule is O=C(Nc1ccc(C(=O)O)c(O)c1)c1cccc(OCc2ccccc2)c1. The van der Waals surface area contributed by atoms with Crippen LogP contribution in [-0.2, 0) is 6.61 Å². The van der Waals surface area contributed by atoms with Crippen LogP contribution in [0.5, 0.6) is 11.5 Å². The average Bonchev–Trinajstić information content (AvgIpc) is 2.67. The van der Waals surface area contributed by atoms with E-state index in [1.165, 1.54) is 18.2 Å². The fourth-order valence-corrected chi connectivity index (χ4v) is 2.46. The fourth-order valence-electron chi connectivity index (χ4n) is 2.46. The van der Waals surface area contributed by atoms with E-state index in [4.69, 9.17) is 9.84 Å². The fraction of sp³-hybridized carbons (Fsp3) is 0.0476. The minimum atomic E-state index is -1.24. The molecular weight excluding hydrogens is 346 g/mol. The zero-order chi connectivity index (χ0) is 19.2. The van der Waals surface area contributed by atoms with E-state index >= 15 is 0 Å². The van der Waals surface area contributed by atoms with Crippen molar-refractivity contribution in [1.82, 2.24) is 0 Å². The van der Waals surface area contributed by atoms with Gasteiger partial charge in [0.05, 0.1) is 0 Å². The van der Waals surface area contributed by atoms with E-state index in [-0.39, 0.29) is 11.3 Å². The molecule has 0 radical (unpaired) electrons. The summed E-state index contributed by atoms with van der Waals surface area (Å²) in [7, 11) is 0. The van der Waals surface area contributed by atoms with E-state index in [0.29, 0.717) is 17.9 Å². The smallest absolute Gasteiger partial charge is 0.339 e. The third-order valence-electron chi connectivity index (χ3n) is 3.83. The highest BCUT2D eigenvalue weighted by Crippen LogP contribution is 2.23. The van der Waals surface area contributed by atoms with Gasteiger partial charge in [0.15, 0.2) is 0 Å². The summed E-state index contributed by atoms with van der Waals surface area (Å²) in [5, 5.41) is 21.3. The number of ether oxygens (including phenoxy) is 1. The molecule has 27 heavy (non-hydrogen) atoms. The highest BCUT2D eigenvalue weighted by molar-refractivity contribution is 6.05. The van der Waals surface area contributed by atoms with Crippen LogP contribution in [-0.4, -0.2) is 22.1 Å². The van der Waals surface area contributed by atoms with Crippen molar-refractivity contribution in [3.05, 3.63) is 89.5 Å². The number of hydrogen-bond donors (Lipinski definition) is 3. The third kappa shape index (κ3) is 4.64. The summed E-state index contributed by atoms with van der Waals surface area (Å²) < 4.78 is 5.71. The van der Waals surface area contributed by atoms with Gasteiger partial charge in [0.1, 0.15) is 23.7 Å². The molecule has 1 amide bonds. The van der Waals surface area contributed by atoms with Gasteiger partial charge in [0, 0.05) is 17.3 Å². The minimum Gasteiger partial charge on any atom is -0.507 e. The molecule has 0 spiro atoms. The predicted molar refractivity (Wildman–Crippen MR) is 100 cm³/mol. The first-order valence-corrected chi connectivity index (χ1v) is 8.17. The van der Waals surface area contributed by atoms with Crippen LogP contribution < -0.4 is 10.1 Å². The largest absolute Gasteiger partial charge is 0.507 e. The van der Waals surface area contributed by atoms with E-state index in [1.807, 2.05) is 30.3 Å².